The zero-order valence-corrected chi connectivity index (χ0v) is 26.5. The number of carbonyl (C=O) groups excluding carboxylic acids is 1. The Morgan fingerprint density at radius 3 is 2.29 bits per heavy atom. The van der Waals surface area contributed by atoms with Gasteiger partial charge in [-0.2, -0.15) is 21.2 Å². The molecule has 0 fully saturated rings. The third kappa shape index (κ3) is 7.57. The van der Waals surface area contributed by atoms with Gasteiger partial charge in [0.1, 0.15) is 10.6 Å². The molecule has 1 amide bonds. The maximum Gasteiger partial charge on any atom is 0.356 e. The summed E-state index contributed by atoms with van der Waals surface area (Å²) >= 11 is 0. The van der Waals surface area contributed by atoms with Gasteiger partial charge in [-0.25, -0.2) is 9.48 Å². The number of carboxylic acids is 1. The number of azo groups is 1. The van der Waals surface area contributed by atoms with E-state index in [2.05, 4.69) is 32.5 Å². The summed E-state index contributed by atoms with van der Waals surface area (Å²) < 4.78 is 82.9. The first-order valence-corrected chi connectivity index (χ1v) is 16.0. The van der Waals surface area contributed by atoms with Crippen LogP contribution in [0.4, 0.5) is 38.5 Å². The number of halogens is 1. The van der Waals surface area contributed by atoms with E-state index < -0.39 is 81.0 Å². The van der Waals surface area contributed by atoms with Crippen LogP contribution in [-0.4, -0.2) is 57.6 Å². The Kier molecular flexibility index (Phi) is 9.62. The number of carboxylic acid groups (broad SMARTS) is 1. The van der Waals surface area contributed by atoms with Crippen molar-refractivity contribution in [3.63, 3.8) is 0 Å². The Hall–Kier alpha value is -6.10. The number of hydrogen-bond acceptors (Lipinski definition) is 12. The molecule has 0 bridgehead atoms. The summed E-state index contributed by atoms with van der Waals surface area (Å²) in [6.45, 7) is 5.95. The molecule has 0 unspecified atom stereocenters. The molecule has 1 aromatic heterocycles. The zero-order chi connectivity index (χ0) is 36.6. The first-order valence-electron chi connectivity index (χ1n) is 13.1. The van der Waals surface area contributed by atoms with E-state index in [1.807, 2.05) is 0 Å². The molecular weight excluding hydrogens is 697 g/mol. The molecule has 0 aliphatic carbocycles. The SMILES string of the molecule is C=CC(=O)Nc1ccc(N=Nc2c(C(=O)O)[nH]n(-c3cc(S(=O)(=O)O)cc(Nc4cc(F)c([N+](=O)[O-])cc4C)c3C)c2=O)c(S(=O)(=O)O)c1. The molecule has 6 N–H and O–H groups in total. The van der Waals surface area contributed by atoms with Crippen LogP contribution in [0.25, 0.3) is 5.69 Å². The minimum atomic E-state index is -5.03. The van der Waals surface area contributed by atoms with E-state index in [1.165, 1.54) is 13.8 Å². The van der Waals surface area contributed by atoms with E-state index in [4.69, 9.17) is 0 Å². The van der Waals surface area contributed by atoms with Crippen LogP contribution in [0.3, 0.4) is 0 Å². The van der Waals surface area contributed by atoms with Crippen LogP contribution in [-0.2, 0) is 25.0 Å². The molecule has 0 atom stereocenters. The lowest BCUT2D eigenvalue weighted by atomic mass is 10.1. The second-order valence-electron chi connectivity index (χ2n) is 9.92. The molecule has 4 rings (SSSR count). The monoisotopic (exact) mass is 719 g/mol. The van der Waals surface area contributed by atoms with Gasteiger partial charge in [0, 0.05) is 29.2 Å². The van der Waals surface area contributed by atoms with E-state index in [0.29, 0.717) is 4.68 Å². The van der Waals surface area contributed by atoms with Crippen molar-refractivity contribution in [3.8, 4) is 5.69 Å². The number of rotatable bonds is 11. The highest BCUT2D eigenvalue weighted by atomic mass is 32.2. The number of aryl methyl sites for hydroxylation is 1. The molecule has 0 radical (unpaired) electrons. The van der Waals surface area contributed by atoms with E-state index in [9.17, 15) is 59.9 Å². The summed E-state index contributed by atoms with van der Waals surface area (Å²) in [5.41, 5.74) is -5.17. The smallest absolute Gasteiger partial charge is 0.356 e. The number of nitrogens with zero attached hydrogens (tertiary/aromatic N) is 4. The van der Waals surface area contributed by atoms with E-state index in [0.717, 1.165) is 48.5 Å². The topological polar surface area (TPSA) is 293 Å². The Balaban J connectivity index is 1.90. The number of aromatic nitrogens is 2. The molecule has 0 aliphatic heterocycles. The molecule has 3 aromatic carbocycles. The third-order valence-corrected chi connectivity index (χ3v) is 8.39. The Morgan fingerprint density at radius 1 is 1.04 bits per heavy atom. The lowest BCUT2D eigenvalue weighted by Crippen LogP contribution is -2.17. The number of nitro groups is 1. The van der Waals surface area contributed by atoms with Gasteiger partial charge in [0.15, 0.2) is 11.4 Å². The van der Waals surface area contributed by atoms with Gasteiger partial charge in [0.05, 0.1) is 15.5 Å². The molecule has 0 saturated carbocycles. The maximum atomic E-state index is 14.4. The largest absolute Gasteiger partial charge is 0.476 e. The number of carbonyl (C=O) groups is 2. The van der Waals surface area contributed by atoms with Gasteiger partial charge in [-0.1, -0.05) is 6.58 Å². The second kappa shape index (κ2) is 13.2. The third-order valence-electron chi connectivity index (χ3n) is 6.68. The van der Waals surface area contributed by atoms with Gasteiger partial charge >= 0.3 is 11.7 Å². The number of amides is 1. The zero-order valence-electron chi connectivity index (χ0n) is 24.8. The van der Waals surface area contributed by atoms with Crippen molar-refractivity contribution in [1.29, 1.82) is 0 Å². The Labute approximate surface area is 274 Å². The van der Waals surface area contributed by atoms with Gasteiger partial charge < -0.3 is 15.7 Å². The summed E-state index contributed by atoms with van der Waals surface area (Å²) in [7, 11) is -10.0. The van der Waals surface area contributed by atoms with Crippen molar-refractivity contribution in [2.75, 3.05) is 10.6 Å². The number of nitro benzene ring substituents is 1. The standard InChI is InChI=1S/C27H22FN7O12S2/c1-4-23(36)29-14-5-6-17(22(8-14)49(45,46)47)31-32-24-25(27(38)39)33-34(26(24)37)20-10-15(48(42,43)44)9-19(13(20)3)30-18-11-16(28)21(35(40)41)7-12(18)2/h4-11,30,33H,1H2,2-3H3,(H,29,36)(H,38,39)(H,42,43,44)(H,45,46,47). The van der Waals surface area contributed by atoms with Crippen LogP contribution in [0.15, 0.2) is 79.9 Å². The molecule has 0 aliphatic rings. The van der Waals surface area contributed by atoms with Crippen molar-refractivity contribution < 1.29 is 50.0 Å². The van der Waals surface area contributed by atoms with Gasteiger partial charge in [0.2, 0.25) is 11.7 Å². The van der Waals surface area contributed by atoms with Gasteiger partial charge in [-0.3, -0.25) is 33.9 Å². The predicted molar refractivity (Wildman–Crippen MR) is 168 cm³/mol. The molecule has 0 saturated heterocycles. The summed E-state index contributed by atoms with van der Waals surface area (Å²) in [4.78, 5) is 45.7. The summed E-state index contributed by atoms with van der Waals surface area (Å²) in [6.07, 6.45) is 0.883. The summed E-state index contributed by atoms with van der Waals surface area (Å²) in [5, 5.41) is 35.3. The van der Waals surface area contributed by atoms with E-state index in [1.54, 1.807) is 0 Å². The lowest BCUT2D eigenvalue weighted by Gasteiger charge is -2.17. The summed E-state index contributed by atoms with van der Waals surface area (Å²) in [6, 6.07) is 6.27. The molecule has 49 heavy (non-hydrogen) atoms. The average Bonchev–Trinajstić information content (AvgIpc) is 3.33. The van der Waals surface area contributed by atoms with Crippen molar-refractivity contribution in [1.82, 2.24) is 9.78 Å². The quantitative estimate of drug-likeness (QED) is 0.0415. The minimum Gasteiger partial charge on any atom is -0.476 e. The highest BCUT2D eigenvalue weighted by molar-refractivity contribution is 7.86. The van der Waals surface area contributed by atoms with Gasteiger partial charge in [0.25, 0.3) is 25.8 Å². The average molecular weight is 720 g/mol. The Morgan fingerprint density at radius 2 is 1.71 bits per heavy atom. The molecular formula is C27H22FN7O12S2. The normalized spacial score (nSPS) is 11.8. The molecule has 256 valence electrons. The minimum absolute atomic E-state index is 0.000147. The number of anilines is 3. The number of hydrogen-bond donors (Lipinski definition) is 6. The highest BCUT2D eigenvalue weighted by Crippen LogP contribution is 2.34. The van der Waals surface area contributed by atoms with Crippen molar-refractivity contribution in [2.24, 2.45) is 10.2 Å². The van der Waals surface area contributed by atoms with Crippen molar-refractivity contribution in [3.05, 3.63) is 98.2 Å². The molecule has 4 aromatic rings. The summed E-state index contributed by atoms with van der Waals surface area (Å²) in [5.74, 6) is -3.74. The van der Waals surface area contributed by atoms with E-state index in [-0.39, 0.29) is 33.9 Å². The molecule has 1 heterocycles. The fourth-order valence-electron chi connectivity index (χ4n) is 4.29. The molecule has 22 heteroatoms. The number of H-pyrrole nitrogens is 1. The highest BCUT2D eigenvalue weighted by Gasteiger charge is 2.26. The van der Waals surface area contributed by atoms with Crippen LogP contribution in [0, 0.1) is 29.8 Å². The Bertz CT molecular complexity index is 2400. The van der Waals surface area contributed by atoms with Crippen LogP contribution >= 0.6 is 0 Å². The fourth-order valence-corrected chi connectivity index (χ4v) is 5.46. The second-order valence-corrected chi connectivity index (χ2v) is 12.7. The maximum absolute atomic E-state index is 14.4. The first-order chi connectivity index (χ1) is 22.7. The lowest BCUT2D eigenvalue weighted by molar-refractivity contribution is -0.387. The van der Waals surface area contributed by atoms with Crippen molar-refractivity contribution >= 4 is 66.2 Å². The number of benzene rings is 3. The van der Waals surface area contributed by atoms with Gasteiger partial charge in [-0.05, 0) is 61.4 Å². The fraction of sp³-hybridized carbons (Fsp3) is 0.0741. The van der Waals surface area contributed by atoms with Crippen LogP contribution < -0.4 is 16.2 Å². The number of nitrogens with one attached hydrogen (secondary N) is 3. The van der Waals surface area contributed by atoms with Crippen LogP contribution in [0.1, 0.15) is 21.6 Å². The van der Waals surface area contributed by atoms with Crippen molar-refractivity contribution in [2.45, 2.75) is 23.6 Å². The van der Waals surface area contributed by atoms with Crippen LogP contribution in [0.2, 0.25) is 0 Å². The first kappa shape index (κ1) is 35.7. The number of aromatic amines is 1. The van der Waals surface area contributed by atoms with Gasteiger partial charge in [-0.15, -0.1) is 10.2 Å². The van der Waals surface area contributed by atoms with E-state index >= 15 is 0 Å². The number of aromatic carboxylic acids is 1. The van der Waals surface area contributed by atoms with Crippen LogP contribution in [0.5, 0.6) is 0 Å². The molecule has 0 spiro atoms. The molecule has 19 nitrogen and oxygen atoms in total. The predicted octanol–water partition coefficient (Wildman–Crippen LogP) is 4.30.